The molecule has 88 valence electrons. The van der Waals surface area contributed by atoms with Crippen molar-refractivity contribution in [3.8, 4) is 0 Å². The molecule has 0 heterocycles. The predicted molar refractivity (Wildman–Crippen MR) is 75.8 cm³/mol. The molecular formula is C15H18N2. The predicted octanol–water partition coefficient (Wildman–Crippen LogP) is 3.51. The Labute approximate surface area is 103 Å². The normalized spacial score (nSPS) is 13.1. The van der Waals surface area contributed by atoms with Crippen LogP contribution in [0.2, 0.25) is 0 Å². The van der Waals surface area contributed by atoms with Crippen LogP contribution in [0.4, 0.5) is 0 Å². The van der Waals surface area contributed by atoms with E-state index in [1.165, 1.54) is 11.1 Å². The topological polar surface area (TPSA) is 38.4 Å². The number of nitrogens with two attached hydrogens (primary N) is 1. The van der Waals surface area contributed by atoms with Crippen molar-refractivity contribution in [1.29, 1.82) is 0 Å². The van der Waals surface area contributed by atoms with Crippen LogP contribution in [0.25, 0.3) is 5.57 Å². The van der Waals surface area contributed by atoms with Crippen LogP contribution in [0.5, 0.6) is 0 Å². The van der Waals surface area contributed by atoms with Gasteiger partial charge in [-0.25, -0.2) is 0 Å². The molecule has 0 fully saturated rings. The molecular weight excluding hydrogens is 208 g/mol. The van der Waals surface area contributed by atoms with E-state index in [0.717, 1.165) is 5.56 Å². The van der Waals surface area contributed by atoms with Gasteiger partial charge >= 0.3 is 0 Å². The molecule has 0 unspecified atom stereocenters. The van der Waals surface area contributed by atoms with Crippen molar-refractivity contribution in [3.05, 3.63) is 66.3 Å². The first-order valence-corrected chi connectivity index (χ1v) is 5.57. The quantitative estimate of drug-likeness (QED) is 0.363. The molecule has 0 spiro atoms. The van der Waals surface area contributed by atoms with E-state index in [-0.39, 0.29) is 0 Å². The summed E-state index contributed by atoms with van der Waals surface area (Å²) < 4.78 is 0. The number of allylic oxidation sites excluding steroid dienone is 5. The van der Waals surface area contributed by atoms with E-state index in [4.69, 9.17) is 5.84 Å². The molecule has 0 atom stereocenters. The molecule has 1 rings (SSSR count). The number of nitrogens with zero attached hydrogens (tertiary/aromatic N) is 1. The maximum absolute atomic E-state index is 5.28. The number of hydrogen-bond acceptors (Lipinski definition) is 2. The Kier molecular flexibility index (Phi) is 4.95. The summed E-state index contributed by atoms with van der Waals surface area (Å²) >= 11 is 0. The second-order valence-electron chi connectivity index (χ2n) is 3.54. The Hall–Kier alpha value is -2.09. The summed E-state index contributed by atoms with van der Waals surface area (Å²) in [6, 6.07) is 8.10. The van der Waals surface area contributed by atoms with Crippen molar-refractivity contribution in [1.82, 2.24) is 0 Å². The van der Waals surface area contributed by atoms with Crippen LogP contribution in [0.3, 0.4) is 0 Å². The summed E-state index contributed by atoms with van der Waals surface area (Å²) in [5, 5.41) is 3.68. The van der Waals surface area contributed by atoms with Gasteiger partial charge in [-0.05, 0) is 31.1 Å². The molecule has 0 aliphatic heterocycles. The van der Waals surface area contributed by atoms with Crippen molar-refractivity contribution < 1.29 is 0 Å². The SMILES string of the molecule is C=C/C(=N\N)c1ccc(C(/C=C\C)=C/C)cc1. The Morgan fingerprint density at radius 1 is 1.18 bits per heavy atom. The van der Waals surface area contributed by atoms with Gasteiger partial charge in [0.15, 0.2) is 0 Å². The molecule has 0 aliphatic carbocycles. The van der Waals surface area contributed by atoms with Gasteiger partial charge in [0.25, 0.3) is 0 Å². The summed E-state index contributed by atoms with van der Waals surface area (Å²) in [7, 11) is 0. The molecule has 0 saturated heterocycles. The van der Waals surface area contributed by atoms with Gasteiger partial charge in [0.05, 0.1) is 5.71 Å². The third kappa shape index (κ3) is 3.18. The highest BCUT2D eigenvalue weighted by molar-refractivity contribution is 6.08. The fraction of sp³-hybridized carbons (Fsp3) is 0.133. The highest BCUT2D eigenvalue weighted by Gasteiger charge is 2.00. The minimum Gasteiger partial charge on any atom is -0.323 e. The Balaban J connectivity index is 3.07. The van der Waals surface area contributed by atoms with Crippen LogP contribution in [0.1, 0.15) is 25.0 Å². The first-order chi connectivity index (χ1) is 8.26. The van der Waals surface area contributed by atoms with E-state index in [1.54, 1.807) is 6.08 Å². The average molecular weight is 226 g/mol. The van der Waals surface area contributed by atoms with Crippen molar-refractivity contribution in [2.75, 3.05) is 0 Å². The summed E-state index contributed by atoms with van der Waals surface area (Å²) in [4.78, 5) is 0. The second kappa shape index (κ2) is 6.48. The van der Waals surface area contributed by atoms with Gasteiger partial charge in [0.1, 0.15) is 0 Å². The van der Waals surface area contributed by atoms with Crippen molar-refractivity contribution in [2.45, 2.75) is 13.8 Å². The summed E-state index contributed by atoms with van der Waals surface area (Å²) in [5.41, 5.74) is 4.05. The fourth-order valence-electron chi connectivity index (χ4n) is 1.62. The lowest BCUT2D eigenvalue weighted by atomic mass is 10.0. The third-order valence-electron chi connectivity index (χ3n) is 2.50. The minimum atomic E-state index is 0.699. The van der Waals surface area contributed by atoms with Gasteiger partial charge in [-0.1, -0.05) is 49.1 Å². The highest BCUT2D eigenvalue weighted by Crippen LogP contribution is 2.17. The molecule has 0 aliphatic rings. The van der Waals surface area contributed by atoms with Crippen molar-refractivity contribution in [3.63, 3.8) is 0 Å². The van der Waals surface area contributed by atoms with Gasteiger partial charge < -0.3 is 5.84 Å². The molecule has 0 bridgehead atoms. The van der Waals surface area contributed by atoms with Gasteiger partial charge in [0, 0.05) is 5.56 Å². The van der Waals surface area contributed by atoms with E-state index in [9.17, 15) is 0 Å². The number of hydrogen-bond donors (Lipinski definition) is 1. The largest absolute Gasteiger partial charge is 0.323 e. The van der Waals surface area contributed by atoms with Gasteiger partial charge in [-0.2, -0.15) is 5.10 Å². The molecule has 2 nitrogen and oxygen atoms in total. The molecule has 0 aromatic heterocycles. The van der Waals surface area contributed by atoms with E-state index < -0.39 is 0 Å². The average Bonchev–Trinajstić information content (AvgIpc) is 2.38. The summed E-state index contributed by atoms with van der Waals surface area (Å²) in [6.45, 7) is 7.71. The number of benzene rings is 1. The van der Waals surface area contributed by atoms with Crippen LogP contribution in [-0.2, 0) is 0 Å². The van der Waals surface area contributed by atoms with E-state index in [0.29, 0.717) is 5.71 Å². The zero-order valence-electron chi connectivity index (χ0n) is 10.4. The number of rotatable bonds is 4. The number of hydrazone groups is 1. The molecule has 2 heteroatoms. The van der Waals surface area contributed by atoms with Gasteiger partial charge in [0.2, 0.25) is 0 Å². The van der Waals surface area contributed by atoms with Gasteiger partial charge in [-0.3, -0.25) is 0 Å². The van der Waals surface area contributed by atoms with E-state index in [1.807, 2.05) is 32.1 Å². The van der Waals surface area contributed by atoms with Crippen LogP contribution < -0.4 is 5.84 Å². The summed E-state index contributed by atoms with van der Waals surface area (Å²) in [5.74, 6) is 5.28. The molecule has 1 aromatic rings. The maximum Gasteiger partial charge on any atom is 0.0893 e. The van der Waals surface area contributed by atoms with E-state index >= 15 is 0 Å². The molecule has 0 amide bonds. The van der Waals surface area contributed by atoms with Crippen LogP contribution >= 0.6 is 0 Å². The Bertz CT molecular complexity index is 462. The monoisotopic (exact) mass is 226 g/mol. The molecule has 1 aromatic carbocycles. The zero-order chi connectivity index (χ0) is 12.7. The first kappa shape index (κ1) is 13.0. The second-order valence-corrected chi connectivity index (χ2v) is 3.54. The van der Waals surface area contributed by atoms with E-state index in [2.05, 4.69) is 36.0 Å². The molecule has 0 radical (unpaired) electrons. The zero-order valence-corrected chi connectivity index (χ0v) is 10.4. The van der Waals surface area contributed by atoms with Crippen LogP contribution in [0, 0.1) is 0 Å². The first-order valence-electron chi connectivity index (χ1n) is 5.57. The van der Waals surface area contributed by atoms with Crippen LogP contribution in [-0.4, -0.2) is 5.71 Å². The smallest absolute Gasteiger partial charge is 0.0893 e. The molecule has 0 saturated carbocycles. The lowest BCUT2D eigenvalue weighted by Gasteiger charge is -2.04. The van der Waals surface area contributed by atoms with Crippen molar-refractivity contribution in [2.24, 2.45) is 10.9 Å². The standard InChI is InChI=1S/C15H18N2/c1-4-7-12(5-2)13-8-10-14(11-9-13)15(6-3)17-16/h4-11H,3,16H2,1-2H3/b7-4-,12-5+,17-15+. The summed E-state index contributed by atoms with van der Waals surface area (Å²) in [6.07, 6.45) is 7.85. The van der Waals surface area contributed by atoms with Crippen LogP contribution in [0.15, 0.2) is 60.2 Å². The highest BCUT2D eigenvalue weighted by atomic mass is 15.1. The van der Waals surface area contributed by atoms with Gasteiger partial charge in [-0.15, -0.1) is 0 Å². The maximum atomic E-state index is 5.28. The Morgan fingerprint density at radius 3 is 2.18 bits per heavy atom. The Morgan fingerprint density at radius 2 is 1.76 bits per heavy atom. The third-order valence-corrected chi connectivity index (χ3v) is 2.50. The fourth-order valence-corrected chi connectivity index (χ4v) is 1.62. The minimum absolute atomic E-state index is 0.699. The lowest BCUT2D eigenvalue weighted by Crippen LogP contribution is -2.00. The molecule has 17 heavy (non-hydrogen) atoms. The lowest BCUT2D eigenvalue weighted by molar-refractivity contribution is 1.25. The molecule has 2 N–H and O–H groups in total. The van der Waals surface area contributed by atoms with Crippen molar-refractivity contribution >= 4 is 11.3 Å².